The van der Waals surface area contributed by atoms with Crippen LogP contribution >= 0.6 is 9.90 Å². The first-order valence-corrected chi connectivity index (χ1v) is 3.03. The van der Waals surface area contributed by atoms with E-state index in [1.807, 2.05) is 6.07 Å². The zero-order chi connectivity index (χ0) is 7.40. The fraction of sp³-hybridized carbons (Fsp3) is 0.125. The van der Waals surface area contributed by atoms with Gasteiger partial charge in [0, 0.05) is 12.4 Å². The largest absolute Gasteiger partial charge is 0.550 e. The lowest BCUT2D eigenvalue weighted by atomic mass is 10.2. The fourth-order valence-corrected chi connectivity index (χ4v) is 0.763. The second-order valence-corrected chi connectivity index (χ2v) is 2.03. The molecule has 0 saturated heterocycles. The summed E-state index contributed by atoms with van der Waals surface area (Å²) in [6.45, 7) is 0. The summed E-state index contributed by atoms with van der Waals surface area (Å²) in [4.78, 5) is 10.1. The molecular formula is C8H11O2P. The van der Waals surface area contributed by atoms with Crippen molar-refractivity contribution in [3.63, 3.8) is 0 Å². The monoisotopic (exact) mass is 170 g/mol. The number of carboxylic acids is 1. The maximum atomic E-state index is 10.1. The van der Waals surface area contributed by atoms with E-state index in [1.165, 1.54) is 0 Å². The van der Waals surface area contributed by atoms with Crippen LogP contribution in [0, 0.1) is 0 Å². The Balaban J connectivity index is 0.000001000. The van der Waals surface area contributed by atoms with Crippen LogP contribution in [0.4, 0.5) is 0 Å². The number of benzene rings is 1. The first-order valence-electron chi connectivity index (χ1n) is 3.03. The van der Waals surface area contributed by atoms with E-state index in [0.29, 0.717) is 0 Å². The second kappa shape index (κ2) is 4.86. The number of carboxylic acid groups (broad SMARTS) is 1. The van der Waals surface area contributed by atoms with Gasteiger partial charge in [0.25, 0.3) is 0 Å². The Morgan fingerprint density at radius 1 is 1.27 bits per heavy atom. The van der Waals surface area contributed by atoms with Gasteiger partial charge in [-0.25, -0.2) is 0 Å². The highest BCUT2D eigenvalue weighted by molar-refractivity contribution is 6.92. The number of carbonyl (C=O) groups excluding carboxylic acids is 1. The second-order valence-electron chi connectivity index (χ2n) is 2.03. The molecule has 0 aliphatic rings. The quantitative estimate of drug-likeness (QED) is 0.575. The minimum Gasteiger partial charge on any atom is -0.550 e. The average Bonchev–Trinajstić information content (AvgIpc) is 1.88. The van der Waals surface area contributed by atoms with E-state index in [0.717, 1.165) is 5.56 Å². The Kier molecular flexibility index (Phi) is 4.47. The number of hydrogen-bond donors (Lipinski definition) is 0. The van der Waals surface area contributed by atoms with Crippen LogP contribution in [0.3, 0.4) is 0 Å². The van der Waals surface area contributed by atoms with Crippen molar-refractivity contribution in [2.24, 2.45) is 0 Å². The number of hydrogen-bond acceptors (Lipinski definition) is 2. The van der Waals surface area contributed by atoms with Gasteiger partial charge in [-0.2, -0.15) is 0 Å². The molecule has 0 aromatic heterocycles. The van der Waals surface area contributed by atoms with Crippen molar-refractivity contribution in [2.75, 3.05) is 0 Å². The van der Waals surface area contributed by atoms with Crippen LogP contribution in [-0.4, -0.2) is 5.97 Å². The third kappa shape index (κ3) is 3.74. The lowest BCUT2D eigenvalue weighted by Crippen LogP contribution is -2.24. The molecule has 0 saturated carbocycles. The van der Waals surface area contributed by atoms with Gasteiger partial charge in [0.2, 0.25) is 0 Å². The highest BCUT2D eigenvalue weighted by atomic mass is 31.0. The predicted molar refractivity (Wildman–Crippen MR) is 47.7 cm³/mol. The van der Waals surface area contributed by atoms with Crippen LogP contribution in [0.15, 0.2) is 30.3 Å². The van der Waals surface area contributed by atoms with Gasteiger partial charge in [0.05, 0.1) is 0 Å². The van der Waals surface area contributed by atoms with Crippen LogP contribution in [0.25, 0.3) is 0 Å². The Morgan fingerprint density at radius 2 is 1.82 bits per heavy atom. The third-order valence-corrected chi connectivity index (χ3v) is 1.19. The molecule has 1 unspecified atom stereocenters. The number of rotatable bonds is 2. The molecule has 1 atom stereocenters. The van der Waals surface area contributed by atoms with Crippen LogP contribution < -0.4 is 5.11 Å². The van der Waals surface area contributed by atoms with Gasteiger partial charge in [-0.1, -0.05) is 30.3 Å². The molecule has 0 spiro atoms. The molecule has 60 valence electrons. The van der Waals surface area contributed by atoms with E-state index in [4.69, 9.17) is 0 Å². The van der Waals surface area contributed by atoms with Crippen LogP contribution in [0.5, 0.6) is 0 Å². The maximum Gasteiger partial charge on any atom is 0.0458 e. The third-order valence-electron chi connectivity index (χ3n) is 1.19. The topological polar surface area (TPSA) is 40.1 Å². The summed E-state index contributed by atoms with van der Waals surface area (Å²) in [6, 6.07) is 8.97. The first kappa shape index (κ1) is 10.1. The van der Waals surface area contributed by atoms with Crippen molar-refractivity contribution < 1.29 is 9.90 Å². The Hall–Kier alpha value is -0.880. The highest BCUT2D eigenvalue weighted by Crippen LogP contribution is 1.97. The van der Waals surface area contributed by atoms with Crippen molar-refractivity contribution in [2.45, 2.75) is 6.42 Å². The number of aliphatic carboxylic acids is 1. The maximum absolute atomic E-state index is 10.1. The van der Waals surface area contributed by atoms with Crippen molar-refractivity contribution in [1.82, 2.24) is 0 Å². The predicted octanol–water partition coefficient (Wildman–Crippen LogP) is -0.231. The van der Waals surface area contributed by atoms with Crippen molar-refractivity contribution >= 4 is 15.9 Å². The molecule has 0 heterocycles. The van der Waals surface area contributed by atoms with Gasteiger partial charge in [0.1, 0.15) is 0 Å². The van der Waals surface area contributed by atoms with Crippen molar-refractivity contribution in [3.8, 4) is 0 Å². The summed E-state index contributed by atoms with van der Waals surface area (Å²) < 4.78 is 0. The smallest absolute Gasteiger partial charge is 0.0458 e. The van der Waals surface area contributed by atoms with E-state index in [-0.39, 0.29) is 16.3 Å². The minimum atomic E-state index is -1.04. The standard InChI is InChI=1S/C8H8O2.H3P/c9-8(10)6-7-4-2-1-3-5-7;/h1-5H,6H2,(H,9,10);1H3. The fourth-order valence-electron chi connectivity index (χ4n) is 0.763. The van der Waals surface area contributed by atoms with Crippen molar-refractivity contribution in [3.05, 3.63) is 35.9 Å². The molecule has 0 N–H and O–H groups in total. The molecule has 0 bridgehead atoms. The molecule has 1 rings (SSSR count). The van der Waals surface area contributed by atoms with E-state index in [1.54, 1.807) is 24.3 Å². The molecule has 0 aliphatic carbocycles. The van der Waals surface area contributed by atoms with Crippen LogP contribution in [-0.2, 0) is 11.2 Å². The highest BCUT2D eigenvalue weighted by Gasteiger charge is 1.88. The number of carbonyl (C=O) groups is 1. The lowest BCUT2D eigenvalue weighted by Gasteiger charge is -1.99. The summed E-state index contributed by atoms with van der Waals surface area (Å²) in [5.74, 6) is -1.04. The molecule has 1 aromatic carbocycles. The molecule has 3 heteroatoms. The average molecular weight is 170 g/mol. The normalized spacial score (nSPS) is 8.36. The molecule has 1 aromatic rings. The van der Waals surface area contributed by atoms with Gasteiger partial charge < -0.3 is 9.90 Å². The van der Waals surface area contributed by atoms with E-state index >= 15 is 0 Å². The van der Waals surface area contributed by atoms with E-state index < -0.39 is 5.97 Å². The summed E-state index contributed by atoms with van der Waals surface area (Å²) in [5, 5.41) is 10.1. The van der Waals surface area contributed by atoms with Gasteiger partial charge in [-0.3, -0.25) is 0 Å². The molecule has 11 heavy (non-hydrogen) atoms. The summed E-state index contributed by atoms with van der Waals surface area (Å²) in [5.41, 5.74) is 0.780. The lowest BCUT2D eigenvalue weighted by molar-refractivity contribution is -0.304. The summed E-state index contributed by atoms with van der Waals surface area (Å²) in [7, 11) is 0. The van der Waals surface area contributed by atoms with E-state index in [9.17, 15) is 9.90 Å². The first-order chi connectivity index (χ1) is 4.79. The van der Waals surface area contributed by atoms with Gasteiger partial charge in [-0.05, 0) is 15.5 Å². The Morgan fingerprint density at radius 3 is 2.27 bits per heavy atom. The SMILES string of the molecule is O=C([O-])Cc1ccccc1.[PH4+]. The molecule has 0 radical (unpaired) electrons. The Labute approximate surface area is 68.9 Å². The Bertz CT molecular complexity index is 221. The van der Waals surface area contributed by atoms with Gasteiger partial charge >= 0.3 is 0 Å². The zero-order valence-corrected chi connectivity index (χ0v) is 8.41. The molecule has 0 aliphatic heterocycles. The minimum absolute atomic E-state index is 0. The summed E-state index contributed by atoms with van der Waals surface area (Å²) >= 11 is 0. The molecule has 2 nitrogen and oxygen atoms in total. The van der Waals surface area contributed by atoms with Gasteiger partial charge in [0.15, 0.2) is 0 Å². The zero-order valence-electron chi connectivity index (χ0n) is 6.41. The van der Waals surface area contributed by atoms with Crippen LogP contribution in [0.1, 0.15) is 5.56 Å². The molecule has 0 fully saturated rings. The van der Waals surface area contributed by atoms with Crippen LogP contribution in [0.2, 0.25) is 0 Å². The van der Waals surface area contributed by atoms with E-state index in [2.05, 4.69) is 0 Å². The molecule has 0 amide bonds. The van der Waals surface area contributed by atoms with Crippen molar-refractivity contribution in [1.29, 1.82) is 0 Å². The van der Waals surface area contributed by atoms with Gasteiger partial charge in [-0.15, -0.1) is 0 Å². The summed E-state index contributed by atoms with van der Waals surface area (Å²) in [6.07, 6.45) is 0.000833. The molecular weight excluding hydrogens is 159 g/mol.